The topological polar surface area (TPSA) is 55.8 Å². The molecule has 126 valence electrons. The smallest absolute Gasteiger partial charge is 0.355 e. The zero-order valence-corrected chi connectivity index (χ0v) is 13.9. The highest BCUT2D eigenvalue weighted by molar-refractivity contribution is 6.05. The van der Waals surface area contributed by atoms with Crippen LogP contribution in [0.3, 0.4) is 0 Å². The fourth-order valence-corrected chi connectivity index (χ4v) is 2.42. The van der Waals surface area contributed by atoms with Crippen molar-refractivity contribution in [2.45, 2.75) is 13.8 Å². The Morgan fingerprint density at radius 2 is 1.71 bits per heavy atom. The van der Waals surface area contributed by atoms with Crippen LogP contribution in [-0.4, -0.2) is 26.2 Å². The van der Waals surface area contributed by atoms with Gasteiger partial charge in [0, 0.05) is 11.8 Å². The third kappa shape index (κ3) is 3.08. The van der Waals surface area contributed by atoms with E-state index in [1.165, 1.54) is 25.2 Å². The van der Waals surface area contributed by atoms with Crippen LogP contribution in [0.5, 0.6) is 0 Å². The predicted octanol–water partition coefficient (Wildman–Crippen LogP) is 2.93. The van der Waals surface area contributed by atoms with E-state index in [2.05, 4.69) is 0 Å². The summed E-state index contributed by atoms with van der Waals surface area (Å²) in [5.74, 6) is -1.79. The number of benzene rings is 1. The largest absolute Gasteiger partial charge is 0.465 e. The maximum absolute atomic E-state index is 14.3. The summed E-state index contributed by atoms with van der Waals surface area (Å²) >= 11 is 0. The van der Waals surface area contributed by atoms with Crippen LogP contribution >= 0.6 is 0 Å². The van der Waals surface area contributed by atoms with Crippen LogP contribution in [-0.2, 0) is 19.1 Å². The zero-order valence-electron chi connectivity index (χ0n) is 13.9. The molecule has 1 aromatic rings. The first kappa shape index (κ1) is 17.5. The minimum atomic E-state index is -0.730. The van der Waals surface area contributed by atoms with Crippen molar-refractivity contribution in [3.63, 3.8) is 0 Å². The molecule has 0 saturated heterocycles. The van der Waals surface area contributed by atoms with Crippen LogP contribution in [0.2, 0.25) is 0 Å². The summed E-state index contributed by atoms with van der Waals surface area (Å²) in [5, 5.41) is 0. The van der Waals surface area contributed by atoms with E-state index in [1.807, 2.05) is 0 Å². The highest BCUT2D eigenvalue weighted by atomic mass is 19.1. The molecule has 24 heavy (non-hydrogen) atoms. The average molecular weight is 331 g/mol. The number of carbonyl (C=O) groups excluding carboxylic acids is 2. The molecule has 0 aliphatic carbocycles. The van der Waals surface area contributed by atoms with Crippen LogP contribution in [0.1, 0.15) is 11.1 Å². The molecule has 1 aliphatic heterocycles. The number of rotatable bonds is 3. The Morgan fingerprint density at radius 3 is 2.33 bits per heavy atom. The molecule has 0 spiro atoms. The lowest BCUT2D eigenvalue weighted by molar-refractivity contribution is -0.139. The number of carbonyl (C=O) groups is 2. The minimum Gasteiger partial charge on any atom is -0.465 e. The van der Waals surface area contributed by atoms with Crippen molar-refractivity contribution in [3.8, 4) is 0 Å². The number of hydrogen-bond donors (Lipinski definition) is 0. The van der Waals surface area contributed by atoms with Crippen molar-refractivity contribution >= 4 is 17.6 Å². The highest BCUT2D eigenvalue weighted by Gasteiger charge is 2.28. The average Bonchev–Trinajstić information content (AvgIpc) is 2.81. The Balaban J connectivity index is 2.73. The van der Waals surface area contributed by atoms with Gasteiger partial charge in [-0.3, -0.25) is 0 Å². The summed E-state index contributed by atoms with van der Waals surface area (Å²) in [6.07, 6.45) is 6.25. The molecule has 0 unspecified atom stereocenters. The molecule has 0 N–H and O–H groups in total. The van der Waals surface area contributed by atoms with E-state index in [-0.39, 0.29) is 17.1 Å². The summed E-state index contributed by atoms with van der Waals surface area (Å²) in [7, 11) is 2.43. The van der Waals surface area contributed by atoms with Crippen LogP contribution in [0.25, 0.3) is 0 Å². The monoisotopic (exact) mass is 331 g/mol. The quantitative estimate of drug-likeness (QED) is 0.797. The number of ether oxygens (including phenoxy) is 2. The molecule has 0 bridgehead atoms. The van der Waals surface area contributed by atoms with Gasteiger partial charge in [0.1, 0.15) is 11.5 Å². The fraction of sp³-hybridized carbons (Fsp3) is 0.222. The summed E-state index contributed by atoms with van der Waals surface area (Å²) in [4.78, 5) is 25.8. The van der Waals surface area contributed by atoms with Crippen LogP contribution < -0.4 is 4.90 Å². The number of allylic oxidation sites excluding steroid dienone is 2. The molecule has 0 aromatic heterocycles. The number of hydrogen-bond acceptors (Lipinski definition) is 5. The number of esters is 2. The normalized spacial score (nSPS) is 13.8. The van der Waals surface area contributed by atoms with Gasteiger partial charge < -0.3 is 14.4 Å². The third-order valence-corrected chi connectivity index (χ3v) is 3.70. The van der Waals surface area contributed by atoms with Gasteiger partial charge in [-0.15, -0.1) is 0 Å². The number of methoxy groups -OCH3 is 2. The second-order valence-corrected chi connectivity index (χ2v) is 5.16. The Labute approximate surface area is 139 Å². The first-order valence-corrected chi connectivity index (χ1v) is 7.23. The molecule has 1 heterocycles. The van der Waals surface area contributed by atoms with Gasteiger partial charge in [0.05, 0.1) is 25.5 Å². The van der Waals surface area contributed by atoms with Gasteiger partial charge in [-0.2, -0.15) is 0 Å². The summed E-state index contributed by atoms with van der Waals surface area (Å²) in [6.45, 7) is 3.26. The zero-order chi connectivity index (χ0) is 17.9. The lowest BCUT2D eigenvalue weighted by Crippen LogP contribution is -2.27. The summed E-state index contributed by atoms with van der Waals surface area (Å²) in [5.41, 5.74) is 1.26. The SMILES string of the molecule is COC(=O)C1=C(C(=O)OC)N(c2ccc(C)c(F)c2C)C=CC=C1. The van der Waals surface area contributed by atoms with E-state index < -0.39 is 11.9 Å². The highest BCUT2D eigenvalue weighted by Crippen LogP contribution is 2.31. The molecule has 0 atom stereocenters. The standard InChI is InChI=1S/C18H18FNO4/c1-11-8-9-14(12(2)15(11)19)20-10-6-5-7-13(17(21)23-3)16(20)18(22)24-4/h5-10H,1-4H3. The Hall–Kier alpha value is -2.89. The first-order chi connectivity index (χ1) is 11.4. The maximum Gasteiger partial charge on any atom is 0.355 e. The Morgan fingerprint density at radius 1 is 1.04 bits per heavy atom. The van der Waals surface area contributed by atoms with Gasteiger partial charge in [0.25, 0.3) is 0 Å². The molecule has 2 rings (SSSR count). The number of halogens is 1. The van der Waals surface area contributed by atoms with E-state index in [0.29, 0.717) is 16.8 Å². The second kappa shape index (κ2) is 7.12. The molecular weight excluding hydrogens is 313 g/mol. The minimum absolute atomic E-state index is 0.0229. The number of aryl methyl sites for hydroxylation is 1. The molecule has 0 saturated carbocycles. The van der Waals surface area contributed by atoms with E-state index in [1.54, 1.807) is 44.3 Å². The Kier molecular flexibility index (Phi) is 5.18. The van der Waals surface area contributed by atoms with Crippen molar-refractivity contribution in [1.29, 1.82) is 0 Å². The van der Waals surface area contributed by atoms with E-state index in [4.69, 9.17) is 9.47 Å². The van der Waals surface area contributed by atoms with Gasteiger partial charge in [0.2, 0.25) is 0 Å². The number of anilines is 1. The van der Waals surface area contributed by atoms with Crippen molar-refractivity contribution in [2.24, 2.45) is 0 Å². The predicted molar refractivity (Wildman–Crippen MR) is 87.7 cm³/mol. The fourth-order valence-electron chi connectivity index (χ4n) is 2.42. The molecule has 0 radical (unpaired) electrons. The number of nitrogens with zero attached hydrogens (tertiary/aromatic N) is 1. The van der Waals surface area contributed by atoms with Crippen molar-refractivity contribution in [2.75, 3.05) is 19.1 Å². The van der Waals surface area contributed by atoms with Crippen molar-refractivity contribution < 1.29 is 23.5 Å². The van der Waals surface area contributed by atoms with Crippen LogP contribution in [0.15, 0.2) is 47.8 Å². The maximum atomic E-state index is 14.3. The van der Waals surface area contributed by atoms with Crippen molar-refractivity contribution in [1.82, 2.24) is 0 Å². The van der Waals surface area contributed by atoms with Gasteiger partial charge in [0.15, 0.2) is 0 Å². The van der Waals surface area contributed by atoms with Crippen LogP contribution in [0, 0.1) is 19.7 Å². The summed E-state index contributed by atoms with van der Waals surface area (Å²) in [6, 6.07) is 3.29. The molecule has 6 heteroatoms. The summed E-state index contributed by atoms with van der Waals surface area (Å²) < 4.78 is 23.8. The van der Waals surface area contributed by atoms with Gasteiger partial charge in [-0.25, -0.2) is 14.0 Å². The molecule has 1 aromatic carbocycles. The first-order valence-electron chi connectivity index (χ1n) is 7.23. The van der Waals surface area contributed by atoms with E-state index in [9.17, 15) is 14.0 Å². The third-order valence-electron chi connectivity index (χ3n) is 3.70. The van der Waals surface area contributed by atoms with E-state index >= 15 is 0 Å². The lowest BCUT2D eigenvalue weighted by atomic mass is 10.1. The van der Waals surface area contributed by atoms with Gasteiger partial charge in [-0.1, -0.05) is 12.1 Å². The molecule has 0 amide bonds. The molecule has 5 nitrogen and oxygen atoms in total. The Bertz CT molecular complexity index is 777. The lowest BCUT2D eigenvalue weighted by Gasteiger charge is -2.25. The molecular formula is C18H18FNO4. The van der Waals surface area contributed by atoms with Crippen LogP contribution in [0.4, 0.5) is 10.1 Å². The van der Waals surface area contributed by atoms with E-state index in [0.717, 1.165) is 0 Å². The molecule has 0 fully saturated rings. The van der Waals surface area contributed by atoms with Gasteiger partial charge >= 0.3 is 11.9 Å². The molecule has 1 aliphatic rings. The van der Waals surface area contributed by atoms with Crippen molar-refractivity contribution in [3.05, 3.63) is 64.8 Å². The van der Waals surface area contributed by atoms with Gasteiger partial charge in [-0.05, 0) is 37.6 Å². The second-order valence-electron chi connectivity index (χ2n) is 5.16.